The lowest BCUT2D eigenvalue weighted by atomic mass is 10.0. The van der Waals surface area contributed by atoms with Gasteiger partial charge >= 0.3 is 0 Å². The van der Waals surface area contributed by atoms with Crippen molar-refractivity contribution in [1.29, 1.82) is 0 Å². The standard InChI is InChI=1S/C32H37N3O6S/c1-23-12-14-25(15-13-23)20-34(28(18-24-8-4-3-5-9-24)32(37)33-26-10-6-7-11-26)31(36)21-35(42(2,38)39)27-16-17-29-30(19-27)41-22-40-29/h3-5,8-9,12-17,19,26,28H,6-7,10-11,18,20-22H2,1-2H3,(H,33,37)/t28-/m1/s1. The molecule has 1 fully saturated rings. The molecule has 1 aliphatic carbocycles. The van der Waals surface area contributed by atoms with Crippen LogP contribution in [0.3, 0.4) is 0 Å². The maximum absolute atomic E-state index is 14.2. The summed E-state index contributed by atoms with van der Waals surface area (Å²) < 4.78 is 37.9. The van der Waals surface area contributed by atoms with Crippen molar-refractivity contribution in [2.45, 2.75) is 57.7 Å². The Morgan fingerprint density at radius 1 is 0.929 bits per heavy atom. The molecular weight excluding hydrogens is 554 g/mol. The van der Waals surface area contributed by atoms with E-state index >= 15 is 0 Å². The lowest BCUT2D eigenvalue weighted by molar-refractivity contribution is -0.140. The number of hydrogen-bond acceptors (Lipinski definition) is 6. The first-order chi connectivity index (χ1) is 20.2. The fourth-order valence-corrected chi connectivity index (χ4v) is 6.31. The van der Waals surface area contributed by atoms with Crippen LogP contribution in [0.2, 0.25) is 0 Å². The first-order valence-corrected chi connectivity index (χ1v) is 16.1. The number of anilines is 1. The molecule has 3 aromatic rings. The summed E-state index contributed by atoms with van der Waals surface area (Å²) in [5.74, 6) is 0.190. The zero-order valence-electron chi connectivity index (χ0n) is 24.0. The Morgan fingerprint density at radius 3 is 2.31 bits per heavy atom. The van der Waals surface area contributed by atoms with Crippen molar-refractivity contribution < 1.29 is 27.5 Å². The molecule has 0 saturated heterocycles. The molecular formula is C32H37N3O6S. The van der Waals surface area contributed by atoms with Gasteiger partial charge in [-0.1, -0.05) is 73.0 Å². The summed E-state index contributed by atoms with van der Waals surface area (Å²) in [5, 5.41) is 3.18. The van der Waals surface area contributed by atoms with Crippen LogP contribution in [0.5, 0.6) is 11.5 Å². The molecule has 1 N–H and O–H groups in total. The third kappa shape index (κ3) is 7.23. The first kappa shape index (κ1) is 29.4. The van der Waals surface area contributed by atoms with Crippen LogP contribution in [0.25, 0.3) is 0 Å². The Bertz CT molecular complexity index is 1500. The molecule has 0 bridgehead atoms. The smallest absolute Gasteiger partial charge is 0.244 e. The van der Waals surface area contributed by atoms with Gasteiger partial charge in [-0.3, -0.25) is 13.9 Å². The molecule has 2 amide bonds. The van der Waals surface area contributed by atoms with Crippen LogP contribution < -0.4 is 19.1 Å². The zero-order valence-corrected chi connectivity index (χ0v) is 24.8. The summed E-state index contributed by atoms with van der Waals surface area (Å²) in [5.41, 5.74) is 3.10. The summed E-state index contributed by atoms with van der Waals surface area (Å²) in [7, 11) is -3.88. The summed E-state index contributed by atoms with van der Waals surface area (Å²) in [6.07, 6.45) is 5.27. The van der Waals surface area contributed by atoms with Gasteiger partial charge in [0.05, 0.1) is 11.9 Å². The molecule has 2 aliphatic rings. The number of carbonyl (C=O) groups is 2. The predicted molar refractivity (Wildman–Crippen MR) is 161 cm³/mol. The molecule has 1 heterocycles. The van der Waals surface area contributed by atoms with Crippen molar-refractivity contribution in [3.63, 3.8) is 0 Å². The van der Waals surface area contributed by atoms with Crippen LogP contribution in [-0.4, -0.2) is 56.8 Å². The van der Waals surface area contributed by atoms with E-state index in [0.29, 0.717) is 17.9 Å². The Kier molecular flexibility index (Phi) is 9.01. The van der Waals surface area contributed by atoms with Gasteiger partial charge in [0, 0.05) is 25.1 Å². The maximum atomic E-state index is 14.2. The zero-order chi connectivity index (χ0) is 29.7. The molecule has 42 heavy (non-hydrogen) atoms. The Balaban J connectivity index is 1.50. The van der Waals surface area contributed by atoms with E-state index in [9.17, 15) is 18.0 Å². The third-order valence-electron chi connectivity index (χ3n) is 7.77. The van der Waals surface area contributed by atoms with Gasteiger partial charge in [-0.15, -0.1) is 0 Å². The van der Waals surface area contributed by atoms with Crippen molar-refractivity contribution in [3.05, 3.63) is 89.5 Å². The summed E-state index contributed by atoms with van der Waals surface area (Å²) >= 11 is 0. The Labute approximate surface area is 247 Å². The van der Waals surface area contributed by atoms with Gasteiger partial charge in [-0.05, 0) is 43.0 Å². The van der Waals surface area contributed by atoms with Gasteiger partial charge in [0.2, 0.25) is 28.6 Å². The molecule has 5 rings (SSSR count). The highest BCUT2D eigenvalue weighted by molar-refractivity contribution is 7.92. The minimum atomic E-state index is -3.88. The van der Waals surface area contributed by atoms with Gasteiger partial charge in [-0.25, -0.2) is 8.42 Å². The summed E-state index contributed by atoms with van der Waals surface area (Å²) in [6, 6.07) is 21.3. The molecule has 10 heteroatoms. The number of benzene rings is 3. The normalized spacial score (nSPS) is 15.3. The van der Waals surface area contributed by atoms with Gasteiger partial charge in [-0.2, -0.15) is 0 Å². The molecule has 9 nitrogen and oxygen atoms in total. The number of ether oxygens (including phenoxy) is 2. The first-order valence-electron chi connectivity index (χ1n) is 14.2. The number of carbonyl (C=O) groups excluding carboxylic acids is 2. The van der Waals surface area contributed by atoms with E-state index in [0.717, 1.165) is 52.9 Å². The van der Waals surface area contributed by atoms with Gasteiger partial charge in [0.15, 0.2) is 11.5 Å². The number of nitrogens with one attached hydrogen (secondary N) is 1. The van der Waals surface area contributed by atoms with Crippen LogP contribution in [-0.2, 0) is 32.6 Å². The molecule has 1 atom stereocenters. The average Bonchev–Trinajstić information content (AvgIpc) is 3.66. The van der Waals surface area contributed by atoms with E-state index in [1.807, 2.05) is 61.5 Å². The van der Waals surface area contributed by atoms with Crippen LogP contribution in [0.4, 0.5) is 5.69 Å². The number of amides is 2. The number of aryl methyl sites for hydroxylation is 1. The van der Waals surface area contributed by atoms with Crippen molar-refractivity contribution in [3.8, 4) is 11.5 Å². The van der Waals surface area contributed by atoms with E-state index in [1.165, 1.54) is 4.90 Å². The summed E-state index contributed by atoms with van der Waals surface area (Å²) in [6.45, 7) is 1.69. The average molecular weight is 592 g/mol. The van der Waals surface area contributed by atoms with E-state index in [4.69, 9.17) is 9.47 Å². The fraction of sp³-hybridized carbons (Fsp3) is 0.375. The molecule has 1 aliphatic heterocycles. The van der Waals surface area contributed by atoms with E-state index in [2.05, 4.69) is 5.32 Å². The van der Waals surface area contributed by atoms with Gasteiger partial charge < -0.3 is 19.7 Å². The third-order valence-corrected chi connectivity index (χ3v) is 8.91. The topological polar surface area (TPSA) is 105 Å². The fourth-order valence-electron chi connectivity index (χ4n) is 5.47. The molecule has 3 aromatic carbocycles. The van der Waals surface area contributed by atoms with E-state index in [-0.39, 0.29) is 31.0 Å². The SMILES string of the molecule is Cc1ccc(CN(C(=O)CN(c2ccc3c(c2)OCO3)S(C)(=O)=O)[C@H](Cc2ccccc2)C(=O)NC2CCCC2)cc1. The minimum Gasteiger partial charge on any atom is -0.454 e. The number of sulfonamides is 1. The largest absolute Gasteiger partial charge is 0.454 e. The quantitative estimate of drug-likeness (QED) is 0.359. The molecule has 0 aromatic heterocycles. The van der Waals surface area contributed by atoms with Crippen LogP contribution in [0.1, 0.15) is 42.4 Å². The second-order valence-electron chi connectivity index (χ2n) is 11.0. The van der Waals surface area contributed by atoms with E-state index in [1.54, 1.807) is 18.2 Å². The molecule has 0 radical (unpaired) electrons. The van der Waals surface area contributed by atoms with Crippen LogP contribution in [0, 0.1) is 6.92 Å². The van der Waals surface area contributed by atoms with Crippen molar-refractivity contribution in [2.75, 3.05) is 23.9 Å². The molecule has 222 valence electrons. The lowest BCUT2D eigenvalue weighted by Gasteiger charge is -2.34. The maximum Gasteiger partial charge on any atom is 0.244 e. The van der Waals surface area contributed by atoms with E-state index < -0.39 is 28.5 Å². The number of hydrogen-bond donors (Lipinski definition) is 1. The lowest BCUT2D eigenvalue weighted by Crippen LogP contribution is -2.54. The highest BCUT2D eigenvalue weighted by Gasteiger charge is 2.34. The predicted octanol–water partition coefficient (Wildman–Crippen LogP) is 4.19. The van der Waals surface area contributed by atoms with Gasteiger partial charge in [0.1, 0.15) is 12.6 Å². The molecule has 0 spiro atoms. The van der Waals surface area contributed by atoms with Crippen molar-refractivity contribution in [2.24, 2.45) is 0 Å². The monoisotopic (exact) mass is 591 g/mol. The molecule has 0 unspecified atom stereocenters. The molecule has 1 saturated carbocycles. The highest BCUT2D eigenvalue weighted by atomic mass is 32.2. The van der Waals surface area contributed by atoms with Crippen molar-refractivity contribution >= 4 is 27.5 Å². The number of fused-ring (bicyclic) bond motifs is 1. The van der Waals surface area contributed by atoms with Crippen LogP contribution in [0.15, 0.2) is 72.8 Å². The highest BCUT2D eigenvalue weighted by Crippen LogP contribution is 2.36. The number of rotatable bonds is 11. The van der Waals surface area contributed by atoms with Gasteiger partial charge in [0.25, 0.3) is 0 Å². The Morgan fingerprint density at radius 2 is 1.62 bits per heavy atom. The number of nitrogens with zero attached hydrogens (tertiary/aromatic N) is 2. The Hall–Kier alpha value is -4.05. The minimum absolute atomic E-state index is 0.0399. The van der Waals surface area contributed by atoms with Crippen molar-refractivity contribution in [1.82, 2.24) is 10.2 Å². The van der Waals surface area contributed by atoms with Crippen LogP contribution >= 0.6 is 0 Å². The second-order valence-corrected chi connectivity index (χ2v) is 12.9. The summed E-state index contributed by atoms with van der Waals surface area (Å²) in [4.78, 5) is 29.7. The second kappa shape index (κ2) is 12.9.